The first-order chi connectivity index (χ1) is 10.8. The molecule has 1 N–H and O–H groups in total. The normalized spacial score (nSPS) is 27.9. The van der Waals surface area contributed by atoms with Crippen molar-refractivity contribution < 1.29 is 9.90 Å². The number of carbonyl (C=O) groups excluding carboxylic acids is 1. The third kappa shape index (κ3) is 3.59. The number of fused-ring (bicyclic) bond motifs is 2. The van der Waals surface area contributed by atoms with Gasteiger partial charge in [-0.1, -0.05) is 18.2 Å². The summed E-state index contributed by atoms with van der Waals surface area (Å²) in [6.45, 7) is 4.48. The molecule has 1 amide bonds. The Hall–Kier alpha value is -1.39. The number of benzene rings is 1. The van der Waals surface area contributed by atoms with Crippen LogP contribution in [0.25, 0.3) is 0 Å². The summed E-state index contributed by atoms with van der Waals surface area (Å²) in [6.07, 6.45) is 4.40. The van der Waals surface area contributed by atoms with Crippen LogP contribution in [0.4, 0.5) is 0 Å². The molecule has 126 valence electrons. The zero-order valence-electron chi connectivity index (χ0n) is 14.4. The highest BCUT2D eigenvalue weighted by atomic mass is 16.3. The second-order valence-corrected chi connectivity index (χ2v) is 7.78. The van der Waals surface area contributed by atoms with E-state index in [9.17, 15) is 9.90 Å². The van der Waals surface area contributed by atoms with E-state index in [1.807, 2.05) is 56.1 Å². The Morgan fingerprint density at radius 3 is 2.30 bits per heavy atom. The molecule has 2 fully saturated rings. The Morgan fingerprint density at radius 1 is 1.22 bits per heavy atom. The molecule has 1 aromatic rings. The van der Waals surface area contributed by atoms with Crippen molar-refractivity contribution in [1.29, 1.82) is 0 Å². The second kappa shape index (κ2) is 6.25. The van der Waals surface area contributed by atoms with E-state index in [1.165, 1.54) is 12.8 Å². The Kier molecular flexibility index (Phi) is 4.47. The van der Waals surface area contributed by atoms with Crippen LogP contribution in [0, 0.1) is 0 Å². The summed E-state index contributed by atoms with van der Waals surface area (Å²) in [6, 6.07) is 10.8. The molecule has 2 unspecified atom stereocenters. The quantitative estimate of drug-likeness (QED) is 0.928. The average Bonchev–Trinajstić information content (AvgIpc) is 2.74. The lowest BCUT2D eigenvalue weighted by molar-refractivity contribution is -0.00832. The van der Waals surface area contributed by atoms with Crippen LogP contribution in [0.3, 0.4) is 0 Å². The number of hydrogen-bond donors (Lipinski definition) is 1. The number of rotatable bonds is 4. The van der Waals surface area contributed by atoms with Crippen LogP contribution in [0.1, 0.15) is 49.9 Å². The summed E-state index contributed by atoms with van der Waals surface area (Å²) in [5, 5.41) is 10.1. The fraction of sp³-hybridized carbons (Fsp3) is 0.632. The minimum Gasteiger partial charge on any atom is -0.389 e. The van der Waals surface area contributed by atoms with E-state index >= 15 is 0 Å². The van der Waals surface area contributed by atoms with Crippen molar-refractivity contribution in [1.82, 2.24) is 9.80 Å². The molecule has 0 saturated carbocycles. The summed E-state index contributed by atoms with van der Waals surface area (Å²) in [7, 11) is 1.94. The average molecular weight is 316 g/mol. The SMILES string of the molecule is CN(C(=O)c1ccccc1)C1CC2CCC(C1)N2CC(C)(C)O. The van der Waals surface area contributed by atoms with E-state index in [-0.39, 0.29) is 5.91 Å². The van der Waals surface area contributed by atoms with Gasteiger partial charge in [0.2, 0.25) is 0 Å². The minimum absolute atomic E-state index is 0.117. The minimum atomic E-state index is -0.653. The largest absolute Gasteiger partial charge is 0.389 e. The van der Waals surface area contributed by atoms with Crippen molar-refractivity contribution in [2.75, 3.05) is 13.6 Å². The topological polar surface area (TPSA) is 43.8 Å². The molecular formula is C19H28N2O2. The van der Waals surface area contributed by atoms with E-state index < -0.39 is 5.60 Å². The molecule has 23 heavy (non-hydrogen) atoms. The van der Waals surface area contributed by atoms with Crippen molar-refractivity contribution >= 4 is 5.91 Å². The molecule has 4 heteroatoms. The van der Waals surface area contributed by atoms with E-state index in [2.05, 4.69) is 4.90 Å². The van der Waals surface area contributed by atoms with Gasteiger partial charge in [-0.3, -0.25) is 9.69 Å². The molecular weight excluding hydrogens is 288 g/mol. The number of aliphatic hydroxyl groups is 1. The van der Waals surface area contributed by atoms with Gasteiger partial charge in [-0.15, -0.1) is 0 Å². The van der Waals surface area contributed by atoms with Crippen LogP contribution in [0.5, 0.6) is 0 Å². The third-order valence-corrected chi connectivity index (χ3v) is 5.32. The fourth-order valence-corrected chi connectivity index (χ4v) is 4.22. The molecule has 2 aliphatic rings. The Labute approximate surface area is 139 Å². The Morgan fingerprint density at radius 2 is 1.78 bits per heavy atom. The summed E-state index contributed by atoms with van der Waals surface area (Å²) < 4.78 is 0. The first-order valence-electron chi connectivity index (χ1n) is 8.65. The van der Waals surface area contributed by atoms with E-state index in [1.54, 1.807) is 0 Å². The van der Waals surface area contributed by atoms with Gasteiger partial charge in [0.05, 0.1) is 5.60 Å². The van der Waals surface area contributed by atoms with Crippen molar-refractivity contribution in [2.45, 2.75) is 63.3 Å². The van der Waals surface area contributed by atoms with Gasteiger partial charge in [-0.2, -0.15) is 0 Å². The van der Waals surface area contributed by atoms with Gasteiger partial charge in [0.15, 0.2) is 0 Å². The number of carbonyl (C=O) groups is 1. The third-order valence-electron chi connectivity index (χ3n) is 5.32. The number of amides is 1. The van der Waals surface area contributed by atoms with Crippen LogP contribution < -0.4 is 0 Å². The highest BCUT2D eigenvalue weighted by molar-refractivity contribution is 5.94. The van der Waals surface area contributed by atoms with Gasteiger partial charge in [0.25, 0.3) is 5.91 Å². The van der Waals surface area contributed by atoms with Gasteiger partial charge < -0.3 is 10.0 Å². The van der Waals surface area contributed by atoms with Crippen LogP contribution in [-0.2, 0) is 0 Å². The molecule has 2 heterocycles. The molecule has 2 bridgehead atoms. The van der Waals surface area contributed by atoms with E-state index in [4.69, 9.17) is 0 Å². The molecule has 0 radical (unpaired) electrons. The molecule has 0 aliphatic carbocycles. The number of nitrogens with zero attached hydrogens (tertiary/aromatic N) is 2. The van der Waals surface area contributed by atoms with Crippen LogP contribution >= 0.6 is 0 Å². The van der Waals surface area contributed by atoms with Gasteiger partial charge >= 0.3 is 0 Å². The molecule has 0 aromatic heterocycles. The summed E-state index contributed by atoms with van der Waals surface area (Å²) >= 11 is 0. The highest BCUT2D eigenvalue weighted by Gasteiger charge is 2.43. The summed E-state index contributed by atoms with van der Waals surface area (Å²) in [4.78, 5) is 17.1. The maximum atomic E-state index is 12.7. The first kappa shape index (κ1) is 16.5. The van der Waals surface area contributed by atoms with Crippen LogP contribution in [-0.4, -0.2) is 58.1 Å². The molecule has 2 saturated heterocycles. The molecule has 2 atom stereocenters. The highest BCUT2D eigenvalue weighted by Crippen LogP contribution is 2.38. The van der Waals surface area contributed by atoms with Gasteiger partial charge in [-0.25, -0.2) is 0 Å². The monoisotopic (exact) mass is 316 g/mol. The van der Waals surface area contributed by atoms with Crippen molar-refractivity contribution in [3.63, 3.8) is 0 Å². The zero-order valence-corrected chi connectivity index (χ0v) is 14.4. The Balaban J connectivity index is 1.67. The maximum absolute atomic E-state index is 12.7. The second-order valence-electron chi connectivity index (χ2n) is 7.78. The molecule has 0 spiro atoms. The lowest BCUT2D eigenvalue weighted by Crippen LogP contribution is -2.54. The van der Waals surface area contributed by atoms with Gasteiger partial charge in [0.1, 0.15) is 0 Å². The summed E-state index contributed by atoms with van der Waals surface area (Å²) in [5.74, 6) is 0.117. The predicted molar refractivity (Wildman–Crippen MR) is 91.4 cm³/mol. The van der Waals surface area contributed by atoms with Gasteiger partial charge in [-0.05, 0) is 51.7 Å². The number of hydrogen-bond acceptors (Lipinski definition) is 3. The number of piperidine rings is 1. The lowest BCUT2D eigenvalue weighted by atomic mass is 9.94. The first-order valence-corrected chi connectivity index (χ1v) is 8.65. The Bertz CT molecular complexity index is 538. The summed E-state index contributed by atoms with van der Waals surface area (Å²) in [5.41, 5.74) is 0.112. The van der Waals surface area contributed by atoms with Crippen molar-refractivity contribution in [3.8, 4) is 0 Å². The standard InChI is InChI=1S/C19H28N2O2/c1-19(2,23)13-21-15-9-10-16(21)12-17(11-15)20(3)18(22)14-7-5-4-6-8-14/h4-8,15-17,23H,9-13H2,1-3H3. The van der Waals surface area contributed by atoms with Gasteiger partial charge in [0, 0.05) is 37.3 Å². The maximum Gasteiger partial charge on any atom is 0.253 e. The molecule has 4 nitrogen and oxygen atoms in total. The van der Waals surface area contributed by atoms with Crippen LogP contribution in [0.15, 0.2) is 30.3 Å². The lowest BCUT2D eigenvalue weighted by Gasteiger charge is -2.44. The molecule has 1 aromatic carbocycles. The predicted octanol–water partition coefficient (Wildman–Crippen LogP) is 2.52. The van der Waals surface area contributed by atoms with E-state index in [0.717, 1.165) is 24.9 Å². The van der Waals surface area contributed by atoms with Crippen molar-refractivity contribution in [2.24, 2.45) is 0 Å². The van der Waals surface area contributed by atoms with Crippen LogP contribution in [0.2, 0.25) is 0 Å². The fourth-order valence-electron chi connectivity index (χ4n) is 4.22. The zero-order chi connectivity index (χ0) is 16.6. The molecule has 2 aliphatic heterocycles. The smallest absolute Gasteiger partial charge is 0.253 e. The molecule has 3 rings (SSSR count). The van der Waals surface area contributed by atoms with E-state index in [0.29, 0.717) is 18.1 Å². The van der Waals surface area contributed by atoms with Crippen molar-refractivity contribution in [3.05, 3.63) is 35.9 Å².